The van der Waals surface area contributed by atoms with E-state index in [1.54, 1.807) is 0 Å². The van der Waals surface area contributed by atoms with Crippen molar-refractivity contribution in [3.8, 4) is 0 Å². The van der Waals surface area contributed by atoms with Crippen LogP contribution >= 0.6 is 11.5 Å². The number of nitrogens with zero attached hydrogens (tertiary/aromatic N) is 4. The molecule has 0 saturated carbocycles. The lowest BCUT2D eigenvalue weighted by molar-refractivity contribution is 0.180. The minimum Gasteiger partial charge on any atom is -0.387 e. The molecule has 2 aromatic heterocycles. The highest BCUT2D eigenvalue weighted by Gasteiger charge is 2.18. The highest BCUT2D eigenvalue weighted by molar-refractivity contribution is 7.05. The van der Waals surface area contributed by atoms with Gasteiger partial charge in [-0.1, -0.05) is 22.7 Å². The number of aliphatic hydroxyl groups is 1. The Bertz CT molecular complexity index is 718. The van der Waals surface area contributed by atoms with Crippen LogP contribution in [0.4, 0.5) is 0 Å². The molecule has 6 heteroatoms. The number of fused-ring (bicyclic) bond motifs is 1. The molecule has 1 unspecified atom stereocenters. The summed E-state index contributed by atoms with van der Waals surface area (Å²) in [5.41, 5.74) is 2.76. The molecule has 1 atom stereocenters. The normalized spacial score (nSPS) is 13.0. The van der Waals surface area contributed by atoms with Crippen molar-refractivity contribution >= 4 is 22.4 Å². The minimum absolute atomic E-state index is 0.478. The Balaban J connectivity index is 1.96. The van der Waals surface area contributed by atoms with Crippen molar-refractivity contribution in [3.63, 3.8) is 0 Å². The summed E-state index contributed by atoms with van der Waals surface area (Å²) in [5, 5.41) is 19.8. The van der Waals surface area contributed by atoms with Gasteiger partial charge >= 0.3 is 0 Å². The quantitative estimate of drug-likeness (QED) is 0.793. The highest BCUT2D eigenvalue weighted by Crippen LogP contribution is 2.26. The molecule has 2 heterocycles. The van der Waals surface area contributed by atoms with Crippen molar-refractivity contribution in [2.75, 3.05) is 0 Å². The Morgan fingerprint density at radius 3 is 2.89 bits per heavy atom. The van der Waals surface area contributed by atoms with Crippen LogP contribution in [0.1, 0.15) is 22.4 Å². The zero-order valence-corrected chi connectivity index (χ0v) is 11.6. The van der Waals surface area contributed by atoms with E-state index in [-0.39, 0.29) is 0 Å². The Kier molecular flexibility index (Phi) is 3.04. The maximum atomic E-state index is 10.3. The standard InChI is InChI=1S/C13H14N4OS/c1-8-13(19-16-14-8)12(18)7-10-9-5-3-4-6-11(9)17(2)15-10/h3-6,12,18H,7H2,1-2H3. The topological polar surface area (TPSA) is 63.8 Å². The molecule has 5 nitrogen and oxygen atoms in total. The van der Waals surface area contributed by atoms with Crippen LogP contribution in [-0.4, -0.2) is 24.5 Å². The summed E-state index contributed by atoms with van der Waals surface area (Å²) in [6, 6.07) is 8.03. The molecule has 19 heavy (non-hydrogen) atoms. The van der Waals surface area contributed by atoms with Crippen LogP contribution in [-0.2, 0) is 13.5 Å². The number of hydrogen-bond acceptors (Lipinski definition) is 5. The van der Waals surface area contributed by atoms with Crippen LogP contribution in [0.25, 0.3) is 10.9 Å². The predicted molar refractivity (Wildman–Crippen MR) is 74.0 cm³/mol. The number of benzene rings is 1. The fraction of sp³-hybridized carbons (Fsp3) is 0.308. The SMILES string of the molecule is Cc1nnsc1C(O)Cc1nn(C)c2ccccc12. The van der Waals surface area contributed by atoms with E-state index >= 15 is 0 Å². The summed E-state index contributed by atoms with van der Waals surface area (Å²) in [7, 11) is 1.91. The Morgan fingerprint density at radius 2 is 2.16 bits per heavy atom. The van der Waals surface area contributed by atoms with Gasteiger partial charge in [0.15, 0.2) is 0 Å². The number of hydrogen-bond donors (Lipinski definition) is 1. The molecule has 0 saturated heterocycles. The first-order valence-corrected chi connectivity index (χ1v) is 6.81. The molecular weight excluding hydrogens is 260 g/mol. The van der Waals surface area contributed by atoms with Gasteiger partial charge in [-0.3, -0.25) is 4.68 Å². The van der Waals surface area contributed by atoms with E-state index < -0.39 is 6.10 Å². The Hall–Kier alpha value is -1.79. The number of para-hydroxylation sites is 1. The number of aromatic nitrogens is 4. The van der Waals surface area contributed by atoms with E-state index in [9.17, 15) is 5.11 Å². The molecule has 0 spiro atoms. The average molecular weight is 274 g/mol. The Labute approximate surface area is 114 Å². The maximum Gasteiger partial charge on any atom is 0.0973 e. The zero-order chi connectivity index (χ0) is 13.4. The fourth-order valence-electron chi connectivity index (χ4n) is 2.26. The molecule has 0 radical (unpaired) electrons. The second-order valence-corrected chi connectivity index (χ2v) is 5.32. The number of aryl methyl sites for hydroxylation is 2. The lowest BCUT2D eigenvalue weighted by Gasteiger charge is -2.06. The Morgan fingerprint density at radius 1 is 1.37 bits per heavy atom. The molecule has 0 fully saturated rings. The summed E-state index contributed by atoms with van der Waals surface area (Å²) in [4.78, 5) is 0.815. The second-order valence-electron chi connectivity index (χ2n) is 4.53. The lowest BCUT2D eigenvalue weighted by Crippen LogP contribution is -2.03. The molecule has 0 bridgehead atoms. The third kappa shape index (κ3) is 2.13. The van der Waals surface area contributed by atoms with E-state index in [1.807, 2.05) is 42.9 Å². The van der Waals surface area contributed by atoms with Crippen molar-refractivity contribution in [3.05, 3.63) is 40.5 Å². The molecular formula is C13H14N4OS. The van der Waals surface area contributed by atoms with Crippen molar-refractivity contribution in [1.82, 2.24) is 19.4 Å². The van der Waals surface area contributed by atoms with Crippen LogP contribution in [0.2, 0.25) is 0 Å². The minimum atomic E-state index is -0.599. The van der Waals surface area contributed by atoms with Gasteiger partial charge in [-0.15, -0.1) is 5.10 Å². The van der Waals surface area contributed by atoms with E-state index in [4.69, 9.17) is 0 Å². The number of aliphatic hydroxyl groups excluding tert-OH is 1. The smallest absolute Gasteiger partial charge is 0.0973 e. The zero-order valence-electron chi connectivity index (χ0n) is 10.7. The van der Waals surface area contributed by atoms with Gasteiger partial charge in [0.05, 0.1) is 27.9 Å². The number of rotatable bonds is 3. The van der Waals surface area contributed by atoms with Gasteiger partial charge in [0, 0.05) is 18.9 Å². The van der Waals surface area contributed by atoms with Gasteiger partial charge in [0.1, 0.15) is 0 Å². The molecule has 3 rings (SSSR count). The summed E-state index contributed by atoms with van der Waals surface area (Å²) < 4.78 is 5.70. The monoisotopic (exact) mass is 274 g/mol. The summed E-state index contributed by atoms with van der Waals surface area (Å²) in [5.74, 6) is 0. The van der Waals surface area contributed by atoms with Crippen LogP contribution in [0.15, 0.2) is 24.3 Å². The third-order valence-electron chi connectivity index (χ3n) is 3.21. The van der Waals surface area contributed by atoms with Gasteiger partial charge < -0.3 is 5.11 Å². The third-order valence-corrected chi connectivity index (χ3v) is 4.14. The predicted octanol–water partition coefficient (Wildman–Crippen LogP) is 2.01. The van der Waals surface area contributed by atoms with Crippen LogP contribution in [0, 0.1) is 6.92 Å². The summed E-state index contributed by atoms with van der Waals surface area (Å²) in [6.45, 7) is 1.86. The van der Waals surface area contributed by atoms with Crippen LogP contribution in [0.5, 0.6) is 0 Å². The van der Waals surface area contributed by atoms with Crippen molar-refractivity contribution in [2.24, 2.45) is 7.05 Å². The lowest BCUT2D eigenvalue weighted by atomic mass is 10.1. The first-order valence-electron chi connectivity index (χ1n) is 6.04. The summed E-state index contributed by atoms with van der Waals surface area (Å²) >= 11 is 1.24. The van der Waals surface area contributed by atoms with E-state index in [2.05, 4.69) is 14.7 Å². The molecule has 0 aliphatic carbocycles. The van der Waals surface area contributed by atoms with Gasteiger partial charge in [-0.2, -0.15) is 5.10 Å². The van der Waals surface area contributed by atoms with E-state index in [0.29, 0.717) is 6.42 Å². The molecule has 3 aromatic rings. The van der Waals surface area contributed by atoms with Gasteiger partial charge in [-0.05, 0) is 24.5 Å². The van der Waals surface area contributed by atoms with E-state index in [1.165, 1.54) is 11.5 Å². The van der Waals surface area contributed by atoms with Crippen LogP contribution in [0.3, 0.4) is 0 Å². The maximum absolute atomic E-state index is 10.3. The molecule has 1 aromatic carbocycles. The average Bonchev–Trinajstić information content (AvgIpc) is 2.95. The molecule has 1 N–H and O–H groups in total. The van der Waals surface area contributed by atoms with Crippen molar-refractivity contribution in [2.45, 2.75) is 19.4 Å². The first kappa shape index (κ1) is 12.3. The van der Waals surface area contributed by atoms with Gasteiger partial charge in [0.2, 0.25) is 0 Å². The molecule has 0 amide bonds. The van der Waals surface area contributed by atoms with E-state index in [0.717, 1.165) is 27.2 Å². The fourth-order valence-corrected chi connectivity index (χ4v) is 2.89. The largest absolute Gasteiger partial charge is 0.387 e. The second kappa shape index (κ2) is 4.71. The molecule has 0 aliphatic heterocycles. The van der Waals surface area contributed by atoms with Crippen molar-refractivity contribution in [1.29, 1.82) is 0 Å². The van der Waals surface area contributed by atoms with Crippen LogP contribution < -0.4 is 0 Å². The molecule has 98 valence electrons. The van der Waals surface area contributed by atoms with Gasteiger partial charge in [-0.25, -0.2) is 0 Å². The first-order chi connectivity index (χ1) is 9.16. The molecule has 0 aliphatic rings. The highest BCUT2D eigenvalue weighted by atomic mass is 32.1. The summed E-state index contributed by atoms with van der Waals surface area (Å²) in [6.07, 6.45) is -0.121. The van der Waals surface area contributed by atoms with Crippen molar-refractivity contribution < 1.29 is 5.11 Å². The van der Waals surface area contributed by atoms with Gasteiger partial charge in [0.25, 0.3) is 0 Å².